The van der Waals surface area contributed by atoms with Gasteiger partial charge in [0.15, 0.2) is 0 Å². The van der Waals surface area contributed by atoms with E-state index in [1.165, 1.54) is 6.07 Å². The van der Waals surface area contributed by atoms with Gasteiger partial charge in [-0.25, -0.2) is 4.39 Å². The Hall–Kier alpha value is -2.23. The van der Waals surface area contributed by atoms with Crippen molar-refractivity contribution in [3.63, 3.8) is 0 Å². The molecule has 4 heteroatoms. The monoisotopic (exact) mass is 299 g/mol. The number of pyridine rings is 1. The fourth-order valence-electron chi connectivity index (χ4n) is 2.80. The molecule has 1 aromatic heterocycles. The third-order valence-electron chi connectivity index (χ3n) is 4.24. The van der Waals surface area contributed by atoms with E-state index in [4.69, 9.17) is 5.11 Å². The number of aromatic nitrogens is 1. The molecule has 0 aliphatic heterocycles. The molecule has 1 aliphatic rings. The van der Waals surface area contributed by atoms with Crippen LogP contribution in [0.15, 0.2) is 36.5 Å². The van der Waals surface area contributed by atoms with Crippen LogP contribution in [0.25, 0.3) is 0 Å². The van der Waals surface area contributed by atoms with Gasteiger partial charge in [0.1, 0.15) is 5.82 Å². The van der Waals surface area contributed by atoms with E-state index in [9.17, 15) is 9.18 Å². The predicted molar refractivity (Wildman–Crippen MR) is 81.3 cm³/mol. The maximum Gasteiger partial charge on any atom is 0.307 e. The van der Waals surface area contributed by atoms with E-state index >= 15 is 0 Å². The van der Waals surface area contributed by atoms with E-state index in [1.54, 1.807) is 12.3 Å². The molecule has 0 radical (unpaired) electrons. The number of hydrogen-bond donors (Lipinski definition) is 1. The summed E-state index contributed by atoms with van der Waals surface area (Å²) >= 11 is 0. The SMILES string of the molecule is Cc1ccc(F)c(CCc2ccc([C@H]3C[C@@H]3C(=O)O)cn2)c1. The van der Waals surface area contributed by atoms with Crippen molar-refractivity contribution in [2.45, 2.75) is 32.1 Å². The van der Waals surface area contributed by atoms with Crippen molar-refractivity contribution < 1.29 is 14.3 Å². The summed E-state index contributed by atoms with van der Waals surface area (Å²) in [6.45, 7) is 1.95. The highest BCUT2D eigenvalue weighted by molar-refractivity contribution is 5.75. The summed E-state index contributed by atoms with van der Waals surface area (Å²) in [5, 5.41) is 8.94. The zero-order valence-corrected chi connectivity index (χ0v) is 12.4. The first-order chi connectivity index (χ1) is 10.5. The van der Waals surface area contributed by atoms with E-state index in [1.807, 2.05) is 25.1 Å². The Bertz CT molecular complexity index is 697. The molecular weight excluding hydrogens is 281 g/mol. The van der Waals surface area contributed by atoms with Gasteiger partial charge in [0, 0.05) is 11.9 Å². The van der Waals surface area contributed by atoms with Crippen molar-refractivity contribution >= 4 is 5.97 Å². The lowest BCUT2D eigenvalue weighted by molar-refractivity contribution is -0.138. The first-order valence-electron chi connectivity index (χ1n) is 7.47. The average molecular weight is 299 g/mol. The summed E-state index contributed by atoms with van der Waals surface area (Å²) in [4.78, 5) is 15.3. The molecule has 114 valence electrons. The van der Waals surface area contributed by atoms with Crippen LogP contribution in [0.4, 0.5) is 4.39 Å². The topological polar surface area (TPSA) is 50.2 Å². The average Bonchev–Trinajstić information content (AvgIpc) is 3.29. The summed E-state index contributed by atoms with van der Waals surface area (Å²) in [6, 6.07) is 8.99. The fraction of sp³-hybridized carbons (Fsp3) is 0.333. The van der Waals surface area contributed by atoms with Gasteiger partial charge in [-0.2, -0.15) is 0 Å². The van der Waals surface area contributed by atoms with E-state index in [0.29, 0.717) is 24.8 Å². The van der Waals surface area contributed by atoms with Crippen LogP contribution in [0.2, 0.25) is 0 Å². The molecular formula is C18H18FNO2. The molecule has 0 amide bonds. The smallest absolute Gasteiger partial charge is 0.307 e. The molecule has 0 spiro atoms. The number of rotatable bonds is 5. The number of carboxylic acid groups (broad SMARTS) is 1. The Balaban J connectivity index is 1.62. The molecule has 2 aromatic rings. The summed E-state index contributed by atoms with van der Waals surface area (Å²) in [5.74, 6) is -1.06. The van der Waals surface area contributed by atoms with Crippen LogP contribution in [-0.2, 0) is 17.6 Å². The first kappa shape index (κ1) is 14.7. The van der Waals surface area contributed by atoms with E-state index in [-0.39, 0.29) is 17.7 Å². The zero-order valence-electron chi connectivity index (χ0n) is 12.4. The van der Waals surface area contributed by atoms with Crippen LogP contribution >= 0.6 is 0 Å². The van der Waals surface area contributed by atoms with Gasteiger partial charge in [0.25, 0.3) is 0 Å². The highest BCUT2D eigenvalue weighted by Crippen LogP contribution is 2.47. The molecule has 3 rings (SSSR count). The number of carboxylic acids is 1. The Morgan fingerprint density at radius 1 is 1.32 bits per heavy atom. The predicted octanol–water partition coefficient (Wildman–Crippen LogP) is 3.50. The minimum Gasteiger partial charge on any atom is -0.481 e. The van der Waals surface area contributed by atoms with Crippen LogP contribution in [0.3, 0.4) is 0 Å². The molecule has 3 nitrogen and oxygen atoms in total. The normalized spacial score (nSPS) is 19.9. The van der Waals surface area contributed by atoms with Gasteiger partial charge in [0.2, 0.25) is 0 Å². The number of aryl methyl sites for hydroxylation is 3. The van der Waals surface area contributed by atoms with Gasteiger partial charge in [-0.05, 0) is 55.4 Å². The second-order valence-electron chi connectivity index (χ2n) is 5.96. The molecule has 0 unspecified atom stereocenters. The van der Waals surface area contributed by atoms with Gasteiger partial charge in [-0.3, -0.25) is 9.78 Å². The van der Waals surface area contributed by atoms with Crippen molar-refractivity contribution in [1.82, 2.24) is 4.98 Å². The van der Waals surface area contributed by atoms with E-state index < -0.39 is 5.97 Å². The minimum absolute atomic E-state index is 0.105. The molecule has 1 aliphatic carbocycles. The third-order valence-corrected chi connectivity index (χ3v) is 4.24. The molecule has 2 atom stereocenters. The molecule has 1 fully saturated rings. The lowest BCUT2D eigenvalue weighted by Gasteiger charge is -2.05. The van der Waals surface area contributed by atoms with Crippen molar-refractivity contribution in [3.8, 4) is 0 Å². The number of hydrogen-bond acceptors (Lipinski definition) is 2. The Morgan fingerprint density at radius 3 is 2.77 bits per heavy atom. The number of carbonyl (C=O) groups is 1. The van der Waals surface area contributed by atoms with Crippen molar-refractivity contribution in [1.29, 1.82) is 0 Å². The molecule has 1 N–H and O–H groups in total. The van der Waals surface area contributed by atoms with Crippen LogP contribution in [-0.4, -0.2) is 16.1 Å². The largest absolute Gasteiger partial charge is 0.481 e. The Morgan fingerprint density at radius 2 is 2.14 bits per heavy atom. The van der Waals surface area contributed by atoms with Crippen LogP contribution in [0.5, 0.6) is 0 Å². The minimum atomic E-state index is -0.732. The number of nitrogens with zero attached hydrogens (tertiary/aromatic N) is 1. The lowest BCUT2D eigenvalue weighted by atomic mass is 10.0. The summed E-state index contributed by atoms with van der Waals surface area (Å²) in [7, 11) is 0. The van der Waals surface area contributed by atoms with Crippen LogP contribution < -0.4 is 0 Å². The lowest BCUT2D eigenvalue weighted by Crippen LogP contribution is -2.00. The first-order valence-corrected chi connectivity index (χ1v) is 7.47. The quantitative estimate of drug-likeness (QED) is 0.919. The zero-order chi connectivity index (χ0) is 15.7. The number of halogens is 1. The van der Waals surface area contributed by atoms with Gasteiger partial charge in [-0.15, -0.1) is 0 Å². The van der Waals surface area contributed by atoms with Gasteiger partial charge in [-0.1, -0.05) is 23.8 Å². The molecule has 1 heterocycles. The summed E-state index contributed by atoms with van der Waals surface area (Å²) in [5.41, 5.74) is 3.64. The van der Waals surface area contributed by atoms with E-state index in [2.05, 4.69) is 4.98 Å². The van der Waals surface area contributed by atoms with Crippen LogP contribution in [0, 0.1) is 18.7 Å². The summed E-state index contributed by atoms with van der Waals surface area (Å²) < 4.78 is 13.7. The van der Waals surface area contributed by atoms with Gasteiger partial charge < -0.3 is 5.11 Å². The molecule has 1 aromatic carbocycles. The Kier molecular flexibility index (Phi) is 3.92. The highest BCUT2D eigenvalue weighted by Gasteiger charge is 2.44. The molecule has 0 saturated heterocycles. The van der Waals surface area contributed by atoms with Crippen molar-refractivity contribution in [2.24, 2.45) is 5.92 Å². The van der Waals surface area contributed by atoms with Crippen molar-refractivity contribution in [3.05, 3.63) is 64.7 Å². The second kappa shape index (κ2) is 5.87. The van der Waals surface area contributed by atoms with Gasteiger partial charge >= 0.3 is 5.97 Å². The second-order valence-corrected chi connectivity index (χ2v) is 5.96. The molecule has 22 heavy (non-hydrogen) atoms. The third kappa shape index (κ3) is 3.16. The maximum atomic E-state index is 13.7. The number of benzene rings is 1. The number of aliphatic carboxylic acids is 1. The summed E-state index contributed by atoms with van der Waals surface area (Å²) in [6.07, 6.45) is 3.75. The molecule has 1 saturated carbocycles. The standard InChI is InChI=1S/C18H18FNO2/c1-11-2-7-17(19)12(8-11)3-5-14-6-4-13(10-20-14)15-9-16(15)18(21)22/h2,4,6-8,10,15-16H,3,5,9H2,1H3,(H,21,22)/t15-,16+/m1/s1. The van der Waals surface area contributed by atoms with E-state index in [0.717, 1.165) is 16.8 Å². The Labute approximate surface area is 128 Å². The van der Waals surface area contributed by atoms with Crippen molar-refractivity contribution in [2.75, 3.05) is 0 Å². The van der Waals surface area contributed by atoms with Crippen LogP contribution in [0.1, 0.15) is 34.7 Å². The maximum absolute atomic E-state index is 13.7. The molecule has 0 bridgehead atoms. The van der Waals surface area contributed by atoms with Gasteiger partial charge in [0.05, 0.1) is 5.92 Å². The fourth-order valence-corrected chi connectivity index (χ4v) is 2.80. The highest BCUT2D eigenvalue weighted by atomic mass is 19.1.